The van der Waals surface area contributed by atoms with Crippen molar-refractivity contribution in [1.82, 2.24) is 9.80 Å². The van der Waals surface area contributed by atoms with Gasteiger partial charge in [0.2, 0.25) is 5.91 Å². The molecule has 0 aliphatic carbocycles. The lowest BCUT2D eigenvalue weighted by atomic mass is 10.00. The summed E-state index contributed by atoms with van der Waals surface area (Å²) in [6.45, 7) is 4.72. The first-order chi connectivity index (χ1) is 13.2. The summed E-state index contributed by atoms with van der Waals surface area (Å²) in [6, 6.07) is 18.6. The van der Waals surface area contributed by atoms with Crippen LogP contribution in [0.4, 0.5) is 5.69 Å². The minimum atomic E-state index is -0.512. The van der Waals surface area contributed by atoms with E-state index in [1.807, 2.05) is 35.2 Å². The SMILES string of the molecule is O=C1CN(c2ccccc2)CCN1C[C@@H](O)CN1CCc2ccccc2C1. The Morgan fingerprint density at radius 3 is 2.37 bits per heavy atom. The normalized spacial score (nSPS) is 19.1. The van der Waals surface area contributed by atoms with Gasteiger partial charge in [-0.05, 0) is 29.7 Å². The van der Waals surface area contributed by atoms with Crippen LogP contribution in [0.3, 0.4) is 0 Å². The summed E-state index contributed by atoms with van der Waals surface area (Å²) in [5.74, 6) is 0.0909. The molecule has 0 bridgehead atoms. The fourth-order valence-corrected chi connectivity index (χ4v) is 4.08. The van der Waals surface area contributed by atoms with Crippen molar-refractivity contribution in [3.05, 3.63) is 65.7 Å². The van der Waals surface area contributed by atoms with Gasteiger partial charge in [0.05, 0.1) is 12.6 Å². The molecular weight excluding hydrogens is 338 g/mol. The molecule has 1 amide bonds. The van der Waals surface area contributed by atoms with Gasteiger partial charge in [-0.2, -0.15) is 0 Å². The molecule has 2 aliphatic rings. The monoisotopic (exact) mass is 365 g/mol. The Kier molecular flexibility index (Phi) is 5.41. The molecule has 1 fully saturated rings. The predicted molar refractivity (Wildman–Crippen MR) is 107 cm³/mol. The second kappa shape index (κ2) is 8.11. The number of amides is 1. The van der Waals surface area contributed by atoms with Crippen LogP contribution in [0.2, 0.25) is 0 Å². The quantitative estimate of drug-likeness (QED) is 0.877. The molecule has 1 atom stereocenters. The van der Waals surface area contributed by atoms with Crippen LogP contribution in [-0.2, 0) is 17.8 Å². The van der Waals surface area contributed by atoms with Gasteiger partial charge in [-0.1, -0.05) is 42.5 Å². The number of fused-ring (bicyclic) bond motifs is 1. The third-order valence-electron chi connectivity index (χ3n) is 5.55. The fourth-order valence-electron chi connectivity index (χ4n) is 4.08. The number of hydrogen-bond donors (Lipinski definition) is 1. The molecule has 0 aromatic heterocycles. The number of hydrogen-bond acceptors (Lipinski definition) is 4. The Morgan fingerprint density at radius 1 is 0.852 bits per heavy atom. The number of β-amino-alcohol motifs (C(OH)–C–C–N with tert-alkyl or cyclic N) is 1. The van der Waals surface area contributed by atoms with Gasteiger partial charge < -0.3 is 14.9 Å². The van der Waals surface area contributed by atoms with E-state index in [2.05, 4.69) is 34.1 Å². The van der Waals surface area contributed by atoms with Crippen molar-refractivity contribution in [2.24, 2.45) is 0 Å². The molecule has 2 aliphatic heterocycles. The maximum atomic E-state index is 12.5. The zero-order chi connectivity index (χ0) is 18.6. The smallest absolute Gasteiger partial charge is 0.242 e. The van der Waals surface area contributed by atoms with E-state index >= 15 is 0 Å². The van der Waals surface area contributed by atoms with Crippen molar-refractivity contribution >= 4 is 11.6 Å². The van der Waals surface area contributed by atoms with Crippen LogP contribution in [0, 0.1) is 0 Å². The van der Waals surface area contributed by atoms with E-state index in [4.69, 9.17) is 0 Å². The molecule has 1 N–H and O–H groups in total. The van der Waals surface area contributed by atoms with E-state index in [1.165, 1.54) is 11.1 Å². The molecular formula is C22H27N3O2. The molecule has 2 aromatic carbocycles. The Hall–Kier alpha value is -2.37. The summed E-state index contributed by atoms with van der Waals surface area (Å²) in [5, 5.41) is 10.6. The van der Waals surface area contributed by atoms with Gasteiger partial charge in [-0.25, -0.2) is 0 Å². The zero-order valence-electron chi connectivity index (χ0n) is 15.6. The lowest BCUT2D eigenvalue weighted by Crippen LogP contribution is -2.53. The highest BCUT2D eigenvalue weighted by molar-refractivity contribution is 5.82. The second-order valence-corrected chi connectivity index (χ2v) is 7.50. The van der Waals surface area contributed by atoms with Gasteiger partial charge in [0.25, 0.3) is 0 Å². The molecule has 0 radical (unpaired) electrons. The van der Waals surface area contributed by atoms with Crippen LogP contribution >= 0.6 is 0 Å². The molecule has 0 unspecified atom stereocenters. The number of piperazine rings is 1. The molecule has 5 heteroatoms. The lowest BCUT2D eigenvalue weighted by molar-refractivity contribution is -0.132. The van der Waals surface area contributed by atoms with Gasteiger partial charge >= 0.3 is 0 Å². The Bertz CT molecular complexity index is 780. The minimum absolute atomic E-state index is 0.0909. The summed E-state index contributed by atoms with van der Waals surface area (Å²) in [7, 11) is 0. The number of anilines is 1. The number of benzene rings is 2. The van der Waals surface area contributed by atoms with Crippen LogP contribution in [0.1, 0.15) is 11.1 Å². The maximum absolute atomic E-state index is 12.5. The molecule has 0 spiro atoms. The number of carbonyl (C=O) groups is 1. The van der Waals surface area contributed by atoms with Gasteiger partial charge in [0.15, 0.2) is 0 Å². The first-order valence-electron chi connectivity index (χ1n) is 9.74. The Morgan fingerprint density at radius 2 is 1.59 bits per heavy atom. The van der Waals surface area contributed by atoms with Crippen LogP contribution in [0.15, 0.2) is 54.6 Å². The minimum Gasteiger partial charge on any atom is -0.390 e. The van der Waals surface area contributed by atoms with Crippen molar-refractivity contribution < 1.29 is 9.90 Å². The summed E-state index contributed by atoms with van der Waals surface area (Å²) in [4.78, 5) is 18.7. The van der Waals surface area contributed by atoms with E-state index < -0.39 is 6.10 Å². The number of rotatable bonds is 5. The average Bonchev–Trinajstić information content (AvgIpc) is 2.70. The van der Waals surface area contributed by atoms with Crippen molar-refractivity contribution in [3.8, 4) is 0 Å². The standard InChI is InChI=1S/C22H27N3O2/c26-21(15-23-11-10-18-6-4-5-7-19(18)14-23)16-25-13-12-24(17-22(25)27)20-8-2-1-3-9-20/h1-9,21,26H,10-17H2/t21-/m0/s1. The van der Waals surface area contributed by atoms with Crippen molar-refractivity contribution in [1.29, 1.82) is 0 Å². The number of nitrogens with zero attached hydrogens (tertiary/aromatic N) is 3. The van der Waals surface area contributed by atoms with Gasteiger partial charge in [0.1, 0.15) is 0 Å². The third kappa shape index (κ3) is 4.31. The van der Waals surface area contributed by atoms with E-state index in [0.29, 0.717) is 26.2 Å². The largest absolute Gasteiger partial charge is 0.390 e. The van der Waals surface area contributed by atoms with Crippen molar-refractivity contribution in [2.75, 3.05) is 44.2 Å². The topological polar surface area (TPSA) is 47.0 Å². The highest BCUT2D eigenvalue weighted by Gasteiger charge is 2.27. The first-order valence-corrected chi connectivity index (χ1v) is 9.74. The number of para-hydroxylation sites is 1. The van der Waals surface area contributed by atoms with Crippen LogP contribution in [0.25, 0.3) is 0 Å². The fraction of sp³-hybridized carbons (Fsp3) is 0.409. The average molecular weight is 365 g/mol. The van der Waals surface area contributed by atoms with Gasteiger partial charge in [-0.15, -0.1) is 0 Å². The Balaban J connectivity index is 1.28. The van der Waals surface area contributed by atoms with Crippen LogP contribution in [-0.4, -0.2) is 66.2 Å². The molecule has 27 heavy (non-hydrogen) atoms. The Labute approximate surface area is 160 Å². The molecule has 142 valence electrons. The lowest BCUT2D eigenvalue weighted by Gasteiger charge is -2.37. The summed E-state index contributed by atoms with van der Waals surface area (Å²) < 4.78 is 0. The summed E-state index contributed by atoms with van der Waals surface area (Å²) >= 11 is 0. The van der Waals surface area contributed by atoms with Gasteiger partial charge in [0, 0.05) is 45.0 Å². The predicted octanol–water partition coefficient (Wildman–Crippen LogP) is 1.75. The van der Waals surface area contributed by atoms with E-state index in [-0.39, 0.29) is 5.91 Å². The second-order valence-electron chi connectivity index (χ2n) is 7.50. The zero-order valence-corrected chi connectivity index (χ0v) is 15.6. The summed E-state index contributed by atoms with van der Waals surface area (Å²) in [6.07, 6.45) is 0.514. The van der Waals surface area contributed by atoms with E-state index in [0.717, 1.165) is 31.7 Å². The number of carbonyl (C=O) groups excluding carboxylic acids is 1. The first kappa shape index (κ1) is 18.0. The maximum Gasteiger partial charge on any atom is 0.242 e. The number of aliphatic hydroxyl groups is 1. The molecule has 1 saturated heterocycles. The molecule has 0 saturated carbocycles. The molecule has 5 nitrogen and oxygen atoms in total. The highest BCUT2D eigenvalue weighted by Crippen LogP contribution is 2.19. The van der Waals surface area contributed by atoms with E-state index in [9.17, 15) is 9.90 Å². The van der Waals surface area contributed by atoms with Crippen LogP contribution in [0.5, 0.6) is 0 Å². The van der Waals surface area contributed by atoms with Crippen molar-refractivity contribution in [3.63, 3.8) is 0 Å². The molecule has 2 aromatic rings. The third-order valence-corrected chi connectivity index (χ3v) is 5.55. The van der Waals surface area contributed by atoms with Crippen molar-refractivity contribution in [2.45, 2.75) is 19.1 Å². The molecule has 2 heterocycles. The summed E-state index contributed by atoms with van der Waals surface area (Å²) in [5.41, 5.74) is 3.84. The van der Waals surface area contributed by atoms with E-state index in [1.54, 1.807) is 0 Å². The van der Waals surface area contributed by atoms with Crippen LogP contribution < -0.4 is 4.90 Å². The number of aliphatic hydroxyl groups excluding tert-OH is 1. The van der Waals surface area contributed by atoms with Gasteiger partial charge in [-0.3, -0.25) is 9.69 Å². The molecule has 4 rings (SSSR count). The highest BCUT2D eigenvalue weighted by atomic mass is 16.3.